The topological polar surface area (TPSA) is 76.7 Å². The van der Waals surface area contributed by atoms with E-state index in [9.17, 15) is 14.7 Å². The monoisotopic (exact) mass is 348 g/mol. The molecule has 5 heteroatoms. The molecule has 2 aliphatic carbocycles. The van der Waals surface area contributed by atoms with Gasteiger partial charge in [-0.3, -0.25) is 9.59 Å². The Hall–Kier alpha value is -1.62. The number of hydrogen-bond donors (Lipinski definition) is 1. The fourth-order valence-corrected chi connectivity index (χ4v) is 4.51. The van der Waals surface area contributed by atoms with Crippen molar-refractivity contribution in [2.75, 3.05) is 0 Å². The quantitative estimate of drug-likeness (QED) is 0.840. The Morgan fingerprint density at radius 1 is 1.48 bits per heavy atom. The highest BCUT2D eigenvalue weighted by molar-refractivity contribution is 5.99. The molecule has 3 rings (SSSR count). The second kappa shape index (κ2) is 6.27. The highest BCUT2D eigenvalue weighted by atomic mass is 16.5. The van der Waals surface area contributed by atoms with E-state index in [1.807, 2.05) is 27.7 Å². The summed E-state index contributed by atoms with van der Waals surface area (Å²) in [5.74, 6) is -0.860. The molecule has 0 saturated heterocycles. The molecule has 0 spiro atoms. The summed E-state index contributed by atoms with van der Waals surface area (Å²) in [4.78, 5) is 25.6. The summed E-state index contributed by atoms with van der Waals surface area (Å²) < 4.78 is 11.5. The number of esters is 1. The molecule has 1 unspecified atom stereocenters. The Morgan fingerprint density at radius 3 is 2.80 bits per heavy atom. The SMILES string of the molecule is CCC(C)C(=O)O[C@@H]1c2c(C)coc2C(=O)[C@@H]2[C@@H](O)CC[C@H](C)[C@@]12C. The predicted octanol–water partition coefficient (Wildman–Crippen LogP) is 3.83. The summed E-state index contributed by atoms with van der Waals surface area (Å²) >= 11 is 0. The zero-order valence-electron chi connectivity index (χ0n) is 15.7. The van der Waals surface area contributed by atoms with Crippen LogP contribution in [0.4, 0.5) is 0 Å². The minimum atomic E-state index is -0.739. The second-order valence-electron chi connectivity index (χ2n) is 8.04. The van der Waals surface area contributed by atoms with Gasteiger partial charge >= 0.3 is 5.97 Å². The van der Waals surface area contributed by atoms with E-state index >= 15 is 0 Å². The molecule has 5 nitrogen and oxygen atoms in total. The van der Waals surface area contributed by atoms with Crippen LogP contribution in [0.5, 0.6) is 0 Å². The maximum Gasteiger partial charge on any atom is 0.309 e. The molecule has 0 amide bonds. The maximum atomic E-state index is 13.1. The molecule has 0 radical (unpaired) electrons. The van der Waals surface area contributed by atoms with E-state index in [2.05, 4.69) is 6.92 Å². The average molecular weight is 348 g/mol. The molecular formula is C20H28O5. The van der Waals surface area contributed by atoms with Crippen LogP contribution < -0.4 is 0 Å². The Labute approximate surface area is 148 Å². The Balaban J connectivity index is 2.14. The van der Waals surface area contributed by atoms with Crippen LogP contribution in [0.25, 0.3) is 0 Å². The molecule has 2 aliphatic rings. The van der Waals surface area contributed by atoms with Gasteiger partial charge in [-0.2, -0.15) is 0 Å². The molecular weight excluding hydrogens is 320 g/mol. The van der Waals surface area contributed by atoms with Crippen LogP contribution in [0.2, 0.25) is 0 Å². The van der Waals surface area contributed by atoms with E-state index in [1.165, 1.54) is 0 Å². The first-order valence-corrected chi connectivity index (χ1v) is 9.24. The molecule has 6 atom stereocenters. The fraction of sp³-hybridized carbons (Fsp3) is 0.700. The Morgan fingerprint density at radius 2 is 2.16 bits per heavy atom. The maximum absolute atomic E-state index is 13.1. The van der Waals surface area contributed by atoms with Gasteiger partial charge in [0.2, 0.25) is 5.78 Å². The van der Waals surface area contributed by atoms with Crippen LogP contribution in [0.15, 0.2) is 10.7 Å². The summed E-state index contributed by atoms with van der Waals surface area (Å²) in [5.41, 5.74) is 0.859. The molecule has 1 heterocycles. The number of carbonyl (C=O) groups excluding carboxylic acids is 2. The van der Waals surface area contributed by atoms with Crippen LogP contribution in [0.1, 0.15) is 74.7 Å². The number of carbonyl (C=O) groups is 2. The lowest BCUT2D eigenvalue weighted by molar-refractivity contribution is -0.176. The van der Waals surface area contributed by atoms with Gasteiger partial charge in [0, 0.05) is 11.0 Å². The number of rotatable bonds is 3. The van der Waals surface area contributed by atoms with Crippen molar-refractivity contribution >= 4 is 11.8 Å². The summed E-state index contributed by atoms with van der Waals surface area (Å²) in [6.07, 6.45) is 2.30. The Kier molecular flexibility index (Phi) is 4.56. The summed E-state index contributed by atoms with van der Waals surface area (Å²) in [6.45, 7) is 9.72. The number of ketones is 1. The van der Waals surface area contributed by atoms with Crippen molar-refractivity contribution in [2.24, 2.45) is 23.2 Å². The van der Waals surface area contributed by atoms with E-state index in [-0.39, 0.29) is 29.3 Å². The van der Waals surface area contributed by atoms with Crippen molar-refractivity contribution in [2.45, 2.75) is 66.1 Å². The highest BCUT2D eigenvalue weighted by Gasteiger charge is 2.61. The number of fused-ring (bicyclic) bond motifs is 2. The molecule has 1 N–H and O–H groups in total. The van der Waals surface area contributed by atoms with Gasteiger partial charge in [-0.25, -0.2) is 0 Å². The number of aryl methyl sites for hydroxylation is 1. The third-order valence-corrected chi connectivity index (χ3v) is 6.62. The third kappa shape index (κ3) is 2.55. The molecule has 0 bridgehead atoms. The molecule has 0 aromatic carbocycles. The van der Waals surface area contributed by atoms with Crippen molar-refractivity contribution in [3.05, 3.63) is 23.2 Å². The number of hydrogen-bond acceptors (Lipinski definition) is 5. The van der Waals surface area contributed by atoms with Crippen molar-refractivity contribution in [3.63, 3.8) is 0 Å². The van der Waals surface area contributed by atoms with Crippen molar-refractivity contribution in [1.29, 1.82) is 0 Å². The summed E-state index contributed by atoms with van der Waals surface area (Å²) in [7, 11) is 0. The van der Waals surface area contributed by atoms with Crippen LogP contribution in [0.3, 0.4) is 0 Å². The van der Waals surface area contributed by atoms with Gasteiger partial charge in [0.25, 0.3) is 0 Å². The lowest BCUT2D eigenvalue weighted by Crippen LogP contribution is -2.55. The smallest absolute Gasteiger partial charge is 0.309 e. The van der Waals surface area contributed by atoms with Crippen molar-refractivity contribution in [3.8, 4) is 0 Å². The van der Waals surface area contributed by atoms with Crippen molar-refractivity contribution in [1.82, 2.24) is 0 Å². The molecule has 1 aromatic heterocycles. The predicted molar refractivity (Wildman–Crippen MR) is 92.1 cm³/mol. The average Bonchev–Trinajstić information content (AvgIpc) is 2.96. The molecule has 1 fully saturated rings. The number of Topliss-reactive ketones (excluding diaryl/α,β-unsaturated/α-hetero) is 1. The number of aliphatic hydroxyl groups is 1. The number of ether oxygens (including phenoxy) is 1. The van der Waals surface area contributed by atoms with E-state index in [0.717, 1.165) is 12.0 Å². The number of aliphatic hydroxyl groups excluding tert-OH is 1. The lowest BCUT2D eigenvalue weighted by atomic mass is 9.53. The zero-order valence-corrected chi connectivity index (χ0v) is 15.7. The third-order valence-electron chi connectivity index (χ3n) is 6.62. The first kappa shape index (κ1) is 18.2. The van der Waals surface area contributed by atoms with Crippen LogP contribution >= 0.6 is 0 Å². The normalized spacial score (nSPS) is 35.7. The van der Waals surface area contributed by atoms with Crippen molar-refractivity contribution < 1.29 is 23.8 Å². The first-order valence-electron chi connectivity index (χ1n) is 9.24. The van der Waals surface area contributed by atoms with Gasteiger partial charge < -0.3 is 14.3 Å². The highest BCUT2D eigenvalue weighted by Crippen LogP contribution is 2.59. The summed E-state index contributed by atoms with van der Waals surface area (Å²) in [6, 6.07) is 0. The minimum absolute atomic E-state index is 0.141. The Bertz CT molecular complexity index is 690. The standard InChI is InChI=1S/C20H28O5/c1-6-10(2)19(23)25-18-14-11(3)9-24-17(14)16(22)15-13(21)8-7-12(4)20(15,18)5/h9-10,12-13,15,18,21H,6-8H2,1-5H3/t10?,12-,13-,15-,18+,20+/m0/s1. The van der Waals surface area contributed by atoms with E-state index < -0.39 is 23.5 Å². The van der Waals surface area contributed by atoms with Crippen LogP contribution in [-0.4, -0.2) is 23.0 Å². The molecule has 138 valence electrons. The van der Waals surface area contributed by atoms with Crippen LogP contribution in [0, 0.1) is 30.1 Å². The van der Waals surface area contributed by atoms with E-state index in [4.69, 9.17) is 9.15 Å². The van der Waals surface area contributed by atoms with Crippen LogP contribution in [-0.2, 0) is 9.53 Å². The fourth-order valence-electron chi connectivity index (χ4n) is 4.51. The zero-order chi connectivity index (χ0) is 18.5. The van der Waals surface area contributed by atoms with Gasteiger partial charge in [0.15, 0.2) is 5.76 Å². The second-order valence-corrected chi connectivity index (χ2v) is 8.04. The molecule has 0 aliphatic heterocycles. The largest absolute Gasteiger partial charge is 0.460 e. The molecule has 1 saturated carbocycles. The van der Waals surface area contributed by atoms with E-state index in [1.54, 1.807) is 6.26 Å². The van der Waals surface area contributed by atoms with Gasteiger partial charge in [-0.15, -0.1) is 0 Å². The van der Waals surface area contributed by atoms with E-state index in [0.29, 0.717) is 18.4 Å². The first-order chi connectivity index (χ1) is 11.7. The minimum Gasteiger partial charge on any atom is -0.460 e. The molecule has 25 heavy (non-hydrogen) atoms. The lowest BCUT2D eigenvalue weighted by Gasteiger charge is -2.53. The summed E-state index contributed by atoms with van der Waals surface area (Å²) in [5, 5.41) is 10.6. The van der Waals surface area contributed by atoms with Gasteiger partial charge in [-0.1, -0.05) is 27.7 Å². The molecule has 1 aromatic rings. The van der Waals surface area contributed by atoms with Gasteiger partial charge in [0.1, 0.15) is 6.10 Å². The van der Waals surface area contributed by atoms with Gasteiger partial charge in [-0.05, 0) is 37.7 Å². The number of furan rings is 1. The van der Waals surface area contributed by atoms with Gasteiger partial charge in [0.05, 0.1) is 24.2 Å².